The quantitative estimate of drug-likeness (QED) is 0.860. The highest BCUT2D eigenvalue weighted by Gasteiger charge is 2.13. The minimum atomic E-state index is 0.147. The number of benzene rings is 1. The van der Waals surface area contributed by atoms with Crippen LogP contribution in [0, 0.1) is 0 Å². The second kappa shape index (κ2) is 7.00. The topological polar surface area (TPSA) is 29.1 Å². The normalized spacial score (nSPS) is 12.5. The Hall–Kier alpha value is -0.570. The van der Waals surface area contributed by atoms with Crippen molar-refractivity contribution in [3.63, 3.8) is 0 Å². The van der Waals surface area contributed by atoms with Gasteiger partial charge in [-0.1, -0.05) is 36.2 Å². The van der Waals surface area contributed by atoms with Gasteiger partial charge in [-0.25, -0.2) is 0 Å². The van der Waals surface area contributed by atoms with Gasteiger partial charge >= 0.3 is 0 Å². The number of rotatable bonds is 6. The molecule has 0 radical (unpaired) electrons. The van der Waals surface area contributed by atoms with Crippen molar-refractivity contribution >= 4 is 29.0 Å². The largest absolute Gasteiger partial charge is 0.314 e. The van der Waals surface area contributed by atoms with Crippen LogP contribution in [0.1, 0.15) is 25.8 Å². The van der Waals surface area contributed by atoms with E-state index in [9.17, 15) is 4.79 Å². The molecule has 1 N–H and O–H groups in total. The first kappa shape index (κ1) is 14.5. The van der Waals surface area contributed by atoms with Crippen molar-refractivity contribution in [2.75, 3.05) is 6.54 Å². The Morgan fingerprint density at radius 3 is 2.47 bits per heavy atom. The SMILES string of the molecule is CCNC(C)CC(=O)Cc1c(Cl)cccc1Cl. The zero-order valence-corrected chi connectivity index (χ0v) is 11.6. The number of Topliss-reactive ketones (excluding diaryl/α,β-unsaturated/α-hetero) is 1. The van der Waals surface area contributed by atoms with E-state index in [0.717, 1.165) is 12.1 Å². The molecule has 0 aliphatic rings. The summed E-state index contributed by atoms with van der Waals surface area (Å²) in [5, 5.41) is 4.32. The number of carbonyl (C=O) groups excluding carboxylic acids is 1. The molecular weight excluding hydrogens is 257 g/mol. The minimum Gasteiger partial charge on any atom is -0.314 e. The van der Waals surface area contributed by atoms with Crippen LogP contribution in [0.2, 0.25) is 10.0 Å². The maximum absolute atomic E-state index is 11.8. The van der Waals surface area contributed by atoms with Gasteiger partial charge in [0, 0.05) is 28.9 Å². The van der Waals surface area contributed by atoms with Crippen molar-refractivity contribution in [1.29, 1.82) is 0 Å². The summed E-state index contributed by atoms with van der Waals surface area (Å²) in [4.78, 5) is 11.8. The molecule has 0 fully saturated rings. The first-order valence-corrected chi connectivity index (χ1v) is 6.48. The molecule has 0 amide bonds. The summed E-state index contributed by atoms with van der Waals surface area (Å²) in [7, 11) is 0. The summed E-state index contributed by atoms with van der Waals surface area (Å²) in [5.41, 5.74) is 0.726. The zero-order chi connectivity index (χ0) is 12.8. The summed E-state index contributed by atoms with van der Waals surface area (Å²) in [6, 6.07) is 5.47. The van der Waals surface area contributed by atoms with Crippen LogP contribution in [0.25, 0.3) is 0 Å². The zero-order valence-electron chi connectivity index (χ0n) is 10.1. The van der Waals surface area contributed by atoms with Gasteiger partial charge < -0.3 is 5.32 Å². The molecule has 0 aromatic heterocycles. The smallest absolute Gasteiger partial charge is 0.138 e. The molecule has 0 saturated heterocycles. The number of ketones is 1. The number of halogens is 2. The van der Waals surface area contributed by atoms with Crippen LogP contribution < -0.4 is 5.32 Å². The Morgan fingerprint density at radius 1 is 1.35 bits per heavy atom. The predicted octanol–water partition coefficient (Wildman–Crippen LogP) is 3.49. The lowest BCUT2D eigenvalue weighted by Crippen LogP contribution is -2.28. The average molecular weight is 274 g/mol. The van der Waals surface area contributed by atoms with Crippen LogP contribution in [0.15, 0.2) is 18.2 Å². The van der Waals surface area contributed by atoms with Gasteiger partial charge in [0.2, 0.25) is 0 Å². The van der Waals surface area contributed by atoms with Crippen molar-refractivity contribution in [3.05, 3.63) is 33.8 Å². The first-order chi connectivity index (χ1) is 8.04. The van der Waals surface area contributed by atoms with Crippen molar-refractivity contribution in [2.24, 2.45) is 0 Å². The third-order valence-electron chi connectivity index (χ3n) is 2.52. The van der Waals surface area contributed by atoms with E-state index in [0.29, 0.717) is 22.9 Å². The molecule has 1 aromatic rings. The van der Waals surface area contributed by atoms with Crippen LogP contribution in [0.4, 0.5) is 0 Å². The molecule has 0 heterocycles. The van der Waals surface area contributed by atoms with Gasteiger partial charge in [0.1, 0.15) is 5.78 Å². The molecule has 0 bridgehead atoms. The van der Waals surface area contributed by atoms with E-state index in [1.807, 2.05) is 13.8 Å². The second-order valence-electron chi connectivity index (χ2n) is 4.08. The highest BCUT2D eigenvalue weighted by molar-refractivity contribution is 6.36. The van der Waals surface area contributed by atoms with Gasteiger partial charge in [-0.3, -0.25) is 4.79 Å². The molecule has 1 atom stereocenters. The van der Waals surface area contributed by atoms with Gasteiger partial charge in [-0.2, -0.15) is 0 Å². The molecule has 1 rings (SSSR count). The van der Waals surface area contributed by atoms with Crippen molar-refractivity contribution in [2.45, 2.75) is 32.7 Å². The summed E-state index contributed by atoms with van der Waals surface area (Å²) < 4.78 is 0. The number of hydrogen-bond donors (Lipinski definition) is 1. The van der Waals surface area contributed by atoms with Gasteiger partial charge in [0.25, 0.3) is 0 Å². The van der Waals surface area contributed by atoms with Crippen LogP contribution in [0.5, 0.6) is 0 Å². The summed E-state index contributed by atoms with van der Waals surface area (Å²) in [5.74, 6) is 0.147. The van der Waals surface area contributed by atoms with Crippen LogP contribution in [-0.4, -0.2) is 18.4 Å². The Kier molecular flexibility index (Phi) is 5.96. The fourth-order valence-corrected chi connectivity index (χ4v) is 2.26. The molecule has 1 unspecified atom stereocenters. The molecule has 0 spiro atoms. The minimum absolute atomic E-state index is 0.147. The molecule has 17 heavy (non-hydrogen) atoms. The Bertz CT molecular complexity index is 373. The lowest BCUT2D eigenvalue weighted by molar-refractivity contribution is -0.118. The molecule has 0 aliphatic heterocycles. The standard InChI is InChI=1S/C13H17Cl2NO/c1-3-16-9(2)7-10(17)8-11-12(14)5-4-6-13(11)15/h4-6,9,16H,3,7-8H2,1-2H3. The van der Waals surface area contributed by atoms with Crippen LogP contribution in [0.3, 0.4) is 0 Å². The van der Waals surface area contributed by atoms with E-state index in [-0.39, 0.29) is 11.8 Å². The lowest BCUT2D eigenvalue weighted by Gasteiger charge is -2.12. The van der Waals surface area contributed by atoms with E-state index in [1.54, 1.807) is 18.2 Å². The fraction of sp³-hybridized carbons (Fsp3) is 0.462. The van der Waals surface area contributed by atoms with E-state index in [4.69, 9.17) is 23.2 Å². The van der Waals surface area contributed by atoms with Crippen molar-refractivity contribution in [3.8, 4) is 0 Å². The van der Waals surface area contributed by atoms with Gasteiger partial charge in [-0.15, -0.1) is 0 Å². The maximum atomic E-state index is 11.8. The summed E-state index contributed by atoms with van der Waals surface area (Å²) in [6.07, 6.45) is 0.795. The summed E-state index contributed by atoms with van der Waals surface area (Å²) >= 11 is 12.0. The van der Waals surface area contributed by atoms with Crippen LogP contribution in [-0.2, 0) is 11.2 Å². The van der Waals surface area contributed by atoms with Gasteiger partial charge in [0.05, 0.1) is 0 Å². The number of hydrogen-bond acceptors (Lipinski definition) is 2. The fourth-order valence-electron chi connectivity index (χ4n) is 1.73. The predicted molar refractivity (Wildman–Crippen MR) is 72.9 cm³/mol. The van der Waals surface area contributed by atoms with Crippen LogP contribution >= 0.6 is 23.2 Å². The lowest BCUT2D eigenvalue weighted by atomic mass is 10.0. The van der Waals surface area contributed by atoms with Gasteiger partial charge in [0.15, 0.2) is 0 Å². The molecular formula is C13H17Cl2NO. The molecule has 0 saturated carbocycles. The third-order valence-corrected chi connectivity index (χ3v) is 3.23. The Labute approximate surface area is 112 Å². The van der Waals surface area contributed by atoms with E-state index < -0.39 is 0 Å². The molecule has 1 aromatic carbocycles. The Balaban J connectivity index is 2.62. The molecule has 0 aliphatic carbocycles. The molecule has 4 heteroatoms. The summed E-state index contributed by atoms with van der Waals surface area (Å²) in [6.45, 7) is 4.88. The monoisotopic (exact) mass is 273 g/mol. The maximum Gasteiger partial charge on any atom is 0.138 e. The average Bonchev–Trinajstić information content (AvgIpc) is 2.24. The van der Waals surface area contributed by atoms with Crippen molar-refractivity contribution < 1.29 is 4.79 Å². The highest BCUT2D eigenvalue weighted by atomic mass is 35.5. The first-order valence-electron chi connectivity index (χ1n) is 5.72. The van der Waals surface area contributed by atoms with Crippen molar-refractivity contribution in [1.82, 2.24) is 5.32 Å². The van der Waals surface area contributed by atoms with E-state index in [1.165, 1.54) is 0 Å². The van der Waals surface area contributed by atoms with E-state index >= 15 is 0 Å². The highest BCUT2D eigenvalue weighted by Crippen LogP contribution is 2.25. The second-order valence-corrected chi connectivity index (χ2v) is 4.89. The van der Waals surface area contributed by atoms with E-state index in [2.05, 4.69) is 5.32 Å². The third kappa shape index (κ3) is 4.66. The Morgan fingerprint density at radius 2 is 1.94 bits per heavy atom. The van der Waals surface area contributed by atoms with Gasteiger partial charge in [-0.05, 0) is 31.2 Å². The number of nitrogens with one attached hydrogen (secondary N) is 1. The number of carbonyl (C=O) groups is 1. The molecule has 2 nitrogen and oxygen atoms in total. The molecule has 94 valence electrons.